The summed E-state index contributed by atoms with van der Waals surface area (Å²) in [5, 5.41) is -0.476. The maximum absolute atomic E-state index is 14.3. The molecule has 0 aliphatic carbocycles. The first-order valence-electron chi connectivity index (χ1n) is 6.57. The molecule has 1 unspecified atom stereocenters. The molecule has 0 spiro atoms. The molecular formula is C16H13ClF2N2. The van der Waals surface area contributed by atoms with E-state index in [1.54, 1.807) is 42.7 Å². The first-order chi connectivity index (χ1) is 10.0. The Kier molecular flexibility index (Phi) is 3.41. The standard InChI is InChI=1S/C16H13ClF2N2/c1-9-5-3-7-12(19)15(9)21-13-8-4-6-11(18)14(13)20-16(21)10(2)17/h3-8,10H,1-2H3. The third-order valence-corrected chi connectivity index (χ3v) is 3.62. The summed E-state index contributed by atoms with van der Waals surface area (Å²) in [6.45, 7) is 3.53. The van der Waals surface area contributed by atoms with Gasteiger partial charge in [0.05, 0.1) is 16.6 Å². The number of alkyl halides is 1. The van der Waals surface area contributed by atoms with Crippen LogP contribution in [-0.4, -0.2) is 9.55 Å². The van der Waals surface area contributed by atoms with E-state index in [2.05, 4.69) is 4.98 Å². The van der Waals surface area contributed by atoms with Gasteiger partial charge in [0, 0.05) is 0 Å². The lowest BCUT2D eigenvalue weighted by atomic mass is 10.1. The van der Waals surface area contributed by atoms with E-state index >= 15 is 0 Å². The van der Waals surface area contributed by atoms with Crippen LogP contribution in [0.1, 0.15) is 23.7 Å². The summed E-state index contributed by atoms with van der Waals surface area (Å²) < 4.78 is 29.8. The molecule has 1 aromatic heterocycles. The Morgan fingerprint density at radius 1 is 1.10 bits per heavy atom. The van der Waals surface area contributed by atoms with Crippen molar-refractivity contribution < 1.29 is 8.78 Å². The van der Waals surface area contributed by atoms with Crippen LogP contribution in [0.3, 0.4) is 0 Å². The second-order valence-corrected chi connectivity index (χ2v) is 5.59. The molecule has 0 aliphatic heterocycles. The molecule has 2 aromatic carbocycles. The van der Waals surface area contributed by atoms with Crippen LogP contribution in [0.5, 0.6) is 0 Å². The summed E-state index contributed by atoms with van der Waals surface area (Å²) in [5.74, 6) is -0.416. The highest BCUT2D eigenvalue weighted by atomic mass is 35.5. The second kappa shape index (κ2) is 5.11. The number of imidazole rings is 1. The fraction of sp³-hybridized carbons (Fsp3) is 0.188. The number of aryl methyl sites for hydroxylation is 1. The summed E-state index contributed by atoms with van der Waals surface area (Å²) >= 11 is 6.16. The van der Waals surface area contributed by atoms with Crippen LogP contribution in [0.4, 0.5) is 8.78 Å². The van der Waals surface area contributed by atoms with Gasteiger partial charge in [0.15, 0.2) is 5.82 Å². The minimum absolute atomic E-state index is 0.197. The predicted molar refractivity (Wildman–Crippen MR) is 80.0 cm³/mol. The number of halogens is 3. The minimum Gasteiger partial charge on any atom is -0.292 e. The van der Waals surface area contributed by atoms with E-state index in [1.807, 2.05) is 0 Å². The Morgan fingerprint density at radius 3 is 2.43 bits per heavy atom. The molecule has 0 N–H and O–H groups in total. The van der Waals surface area contributed by atoms with Crippen molar-refractivity contribution in [2.45, 2.75) is 19.2 Å². The van der Waals surface area contributed by atoms with Crippen LogP contribution in [-0.2, 0) is 0 Å². The molecule has 0 saturated carbocycles. The van der Waals surface area contributed by atoms with Gasteiger partial charge >= 0.3 is 0 Å². The number of fused-ring (bicyclic) bond motifs is 1. The molecular weight excluding hydrogens is 294 g/mol. The largest absolute Gasteiger partial charge is 0.292 e. The Labute approximate surface area is 126 Å². The Balaban J connectivity index is 2.46. The molecule has 1 heterocycles. The maximum Gasteiger partial charge on any atom is 0.151 e. The van der Waals surface area contributed by atoms with Crippen LogP contribution >= 0.6 is 11.6 Å². The van der Waals surface area contributed by atoms with Crippen molar-refractivity contribution in [3.05, 3.63) is 59.4 Å². The van der Waals surface area contributed by atoms with Gasteiger partial charge in [-0.1, -0.05) is 18.2 Å². The molecule has 0 amide bonds. The summed E-state index contributed by atoms with van der Waals surface area (Å²) in [6.07, 6.45) is 0. The number of benzene rings is 2. The molecule has 0 aliphatic rings. The number of aromatic nitrogens is 2. The number of hydrogen-bond acceptors (Lipinski definition) is 1. The number of rotatable bonds is 2. The van der Waals surface area contributed by atoms with E-state index in [0.717, 1.165) is 5.56 Å². The molecule has 3 aromatic rings. The smallest absolute Gasteiger partial charge is 0.151 e. The zero-order valence-corrected chi connectivity index (χ0v) is 12.3. The quantitative estimate of drug-likeness (QED) is 0.615. The van der Waals surface area contributed by atoms with Gasteiger partial charge in [0.25, 0.3) is 0 Å². The molecule has 3 rings (SSSR count). The molecule has 0 fully saturated rings. The Hall–Kier alpha value is -1.94. The summed E-state index contributed by atoms with van der Waals surface area (Å²) in [5.41, 5.74) is 1.79. The SMILES string of the molecule is Cc1cccc(F)c1-n1c(C(C)Cl)nc2c(F)cccc21. The van der Waals surface area contributed by atoms with Crippen LogP contribution < -0.4 is 0 Å². The van der Waals surface area contributed by atoms with Crippen LogP contribution in [0.2, 0.25) is 0 Å². The molecule has 5 heteroatoms. The summed E-state index contributed by atoms with van der Waals surface area (Å²) in [6, 6.07) is 9.42. The highest BCUT2D eigenvalue weighted by molar-refractivity contribution is 6.20. The van der Waals surface area contributed by atoms with Gasteiger partial charge in [-0.05, 0) is 37.6 Å². The van der Waals surface area contributed by atoms with Crippen molar-refractivity contribution in [3.8, 4) is 5.69 Å². The Morgan fingerprint density at radius 2 is 1.76 bits per heavy atom. The fourth-order valence-electron chi connectivity index (χ4n) is 2.49. The van der Waals surface area contributed by atoms with Crippen molar-refractivity contribution in [2.75, 3.05) is 0 Å². The second-order valence-electron chi connectivity index (χ2n) is 4.93. The van der Waals surface area contributed by atoms with Crippen LogP contribution in [0.25, 0.3) is 16.7 Å². The molecule has 0 radical (unpaired) electrons. The van der Waals surface area contributed by atoms with E-state index in [4.69, 9.17) is 11.6 Å². The van der Waals surface area contributed by atoms with E-state index in [9.17, 15) is 8.78 Å². The molecule has 0 bridgehead atoms. The third-order valence-electron chi connectivity index (χ3n) is 3.43. The molecule has 1 atom stereocenters. The normalized spacial score (nSPS) is 12.8. The average molecular weight is 307 g/mol. The lowest BCUT2D eigenvalue weighted by molar-refractivity contribution is 0.615. The van der Waals surface area contributed by atoms with Gasteiger partial charge in [0.1, 0.15) is 17.2 Å². The molecule has 2 nitrogen and oxygen atoms in total. The van der Waals surface area contributed by atoms with Crippen molar-refractivity contribution in [1.29, 1.82) is 0 Å². The lowest BCUT2D eigenvalue weighted by Crippen LogP contribution is -2.06. The average Bonchev–Trinajstić information content (AvgIpc) is 2.80. The number of nitrogens with zero attached hydrogens (tertiary/aromatic N) is 2. The number of hydrogen-bond donors (Lipinski definition) is 0. The summed E-state index contributed by atoms with van der Waals surface area (Å²) in [7, 11) is 0. The zero-order chi connectivity index (χ0) is 15.1. The van der Waals surface area contributed by atoms with Crippen molar-refractivity contribution >= 4 is 22.6 Å². The van der Waals surface area contributed by atoms with Gasteiger partial charge in [-0.15, -0.1) is 11.6 Å². The fourth-order valence-corrected chi connectivity index (χ4v) is 2.64. The van der Waals surface area contributed by atoms with Crippen LogP contribution in [0, 0.1) is 18.6 Å². The van der Waals surface area contributed by atoms with Crippen LogP contribution in [0.15, 0.2) is 36.4 Å². The van der Waals surface area contributed by atoms with Gasteiger partial charge in [-0.3, -0.25) is 4.57 Å². The minimum atomic E-state index is -0.476. The first-order valence-corrected chi connectivity index (χ1v) is 7.00. The van der Waals surface area contributed by atoms with Crippen molar-refractivity contribution in [2.24, 2.45) is 0 Å². The van der Waals surface area contributed by atoms with Gasteiger partial charge < -0.3 is 0 Å². The van der Waals surface area contributed by atoms with E-state index in [0.29, 0.717) is 17.0 Å². The first kappa shape index (κ1) is 14.0. The maximum atomic E-state index is 14.3. The molecule has 0 saturated heterocycles. The molecule has 21 heavy (non-hydrogen) atoms. The van der Waals surface area contributed by atoms with Gasteiger partial charge in [-0.2, -0.15) is 0 Å². The predicted octanol–water partition coefficient (Wildman–Crippen LogP) is 4.91. The van der Waals surface area contributed by atoms with E-state index in [-0.39, 0.29) is 5.52 Å². The third kappa shape index (κ3) is 2.20. The topological polar surface area (TPSA) is 17.8 Å². The summed E-state index contributed by atoms with van der Waals surface area (Å²) in [4.78, 5) is 4.26. The highest BCUT2D eigenvalue weighted by Crippen LogP contribution is 2.31. The number of para-hydroxylation sites is 2. The lowest BCUT2D eigenvalue weighted by Gasteiger charge is -2.14. The van der Waals surface area contributed by atoms with E-state index < -0.39 is 17.0 Å². The van der Waals surface area contributed by atoms with E-state index in [1.165, 1.54) is 12.1 Å². The van der Waals surface area contributed by atoms with Crippen molar-refractivity contribution in [1.82, 2.24) is 9.55 Å². The highest BCUT2D eigenvalue weighted by Gasteiger charge is 2.21. The molecule has 108 valence electrons. The van der Waals surface area contributed by atoms with Gasteiger partial charge in [0.2, 0.25) is 0 Å². The van der Waals surface area contributed by atoms with Crippen molar-refractivity contribution in [3.63, 3.8) is 0 Å². The Bertz CT molecular complexity index is 804. The zero-order valence-electron chi connectivity index (χ0n) is 11.6. The monoisotopic (exact) mass is 306 g/mol. The van der Waals surface area contributed by atoms with Gasteiger partial charge in [-0.25, -0.2) is 13.8 Å².